The van der Waals surface area contributed by atoms with Gasteiger partial charge in [-0.05, 0) is 13.3 Å². The van der Waals surface area contributed by atoms with E-state index in [1.165, 1.54) is 6.21 Å². The van der Waals surface area contributed by atoms with Crippen molar-refractivity contribution in [1.29, 1.82) is 0 Å². The quantitative estimate of drug-likeness (QED) is 0.523. The molecule has 0 spiro atoms. The van der Waals surface area contributed by atoms with Gasteiger partial charge >= 0.3 is 5.97 Å². The second-order valence-corrected chi connectivity index (χ2v) is 3.87. The first-order chi connectivity index (χ1) is 7.16. The molecule has 0 heterocycles. The molecule has 0 bridgehead atoms. The number of aliphatic imine (C=N–C) groups is 1. The van der Waals surface area contributed by atoms with E-state index >= 15 is 0 Å². The van der Waals surface area contributed by atoms with Gasteiger partial charge < -0.3 is 4.74 Å². The lowest BCUT2D eigenvalue weighted by molar-refractivity contribution is -0.134. The van der Waals surface area contributed by atoms with Crippen LogP contribution < -0.4 is 0 Å². The highest BCUT2D eigenvalue weighted by atomic mass is 16.5. The molecule has 1 rings (SSSR count). The lowest BCUT2D eigenvalue weighted by atomic mass is 9.84. The Labute approximate surface area is 90.5 Å². The van der Waals surface area contributed by atoms with Crippen LogP contribution in [0.1, 0.15) is 20.3 Å². The van der Waals surface area contributed by atoms with Crippen LogP contribution in [0.3, 0.4) is 0 Å². The highest BCUT2D eigenvalue weighted by Crippen LogP contribution is 2.26. The summed E-state index contributed by atoms with van der Waals surface area (Å²) in [5.41, 5.74) is 0.0394. The van der Waals surface area contributed by atoms with Gasteiger partial charge in [-0.2, -0.15) is 0 Å². The molecule has 0 aromatic heterocycles. The third kappa shape index (κ3) is 4.11. The fourth-order valence-corrected chi connectivity index (χ4v) is 1.40. The molecule has 3 nitrogen and oxygen atoms in total. The van der Waals surface area contributed by atoms with Gasteiger partial charge in [-0.1, -0.05) is 31.2 Å². The van der Waals surface area contributed by atoms with E-state index in [-0.39, 0.29) is 11.4 Å². The lowest BCUT2D eigenvalue weighted by Gasteiger charge is -2.23. The predicted molar refractivity (Wildman–Crippen MR) is 61.0 cm³/mol. The molecule has 0 amide bonds. The van der Waals surface area contributed by atoms with E-state index in [2.05, 4.69) is 24.1 Å². The molecular weight excluding hydrogens is 190 g/mol. The van der Waals surface area contributed by atoms with Crippen LogP contribution >= 0.6 is 0 Å². The number of hydrogen-bond donors (Lipinski definition) is 0. The number of carbonyl (C=O) groups is 1. The minimum Gasteiger partial charge on any atom is -0.462 e. The summed E-state index contributed by atoms with van der Waals surface area (Å²) in [6, 6.07) is 0. The van der Waals surface area contributed by atoms with Gasteiger partial charge in [0.1, 0.15) is 6.21 Å². The first-order valence-electron chi connectivity index (χ1n) is 5.17. The third-order valence-corrected chi connectivity index (χ3v) is 2.27. The van der Waals surface area contributed by atoms with Gasteiger partial charge in [-0.3, -0.25) is 4.99 Å². The molecule has 0 saturated heterocycles. The van der Waals surface area contributed by atoms with E-state index in [9.17, 15) is 4.79 Å². The molecule has 0 aromatic rings. The van der Waals surface area contributed by atoms with Gasteiger partial charge in [0, 0.05) is 12.0 Å². The molecule has 1 unspecified atom stereocenters. The molecule has 1 aliphatic carbocycles. The maximum Gasteiger partial charge on any atom is 0.348 e. The summed E-state index contributed by atoms with van der Waals surface area (Å²) in [4.78, 5) is 15.1. The van der Waals surface area contributed by atoms with Crippen molar-refractivity contribution >= 4 is 12.2 Å². The molecule has 82 valence electrons. The highest BCUT2D eigenvalue weighted by Gasteiger charge is 2.19. The fourth-order valence-electron chi connectivity index (χ4n) is 1.40. The predicted octanol–water partition coefficient (Wildman–Crippen LogP) is 2.14. The molecule has 1 aliphatic rings. The van der Waals surface area contributed by atoms with E-state index in [0.29, 0.717) is 13.2 Å². The van der Waals surface area contributed by atoms with Crippen molar-refractivity contribution in [3.63, 3.8) is 0 Å². The molecule has 0 aromatic carbocycles. The molecule has 3 heteroatoms. The summed E-state index contributed by atoms with van der Waals surface area (Å²) in [5.74, 6) is -0.364. The van der Waals surface area contributed by atoms with Crippen molar-refractivity contribution in [3.8, 4) is 0 Å². The van der Waals surface area contributed by atoms with Gasteiger partial charge in [0.2, 0.25) is 0 Å². The smallest absolute Gasteiger partial charge is 0.348 e. The second-order valence-electron chi connectivity index (χ2n) is 3.87. The lowest BCUT2D eigenvalue weighted by Crippen LogP contribution is -2.18. The Kier molecular flexibility index (Phi) is 4.28. The van der Waals surface area contributed by atoms with Gasteiger partial charge in [0.15, 0.2) is 0 Å². The van der Waals surface area contributed by atoms with Gasteiger partial charge in [0.25, 0.3) is 0 Å². The maximum absolute atomic E-state index is 11.0. The molecule has 0 saturated carbocycles. The number of ether oxygens (including phenoxy) is 1. The summed E-state index contributed by atoms with van der Waals surface area (Å²) in [5, 5.41) is 0. The van der Waals surface area contributed by atoms with Crippen LogP contribution in [0.15, 0.2) is 29.3 Å². The average Bonchev–Trinajstić information content (AvgIpc) is 2.19. The Morgan fingerprint density at radius 1 is 1.60 bits per heavy atom. The topological polar surface area (TPSA) is 38.7 Å². The number of nitrogens with zero attached hydrogens (tertiary/aromatic N) is 1. The fraction of sp³-hybridized carbons (Fsp3) is 0.500. The standard InChI is InChI=1S/C12H17NO2/c1-3-15-11(14)9-13-10-12(2)7-5-4-6-8-12/h4-7,9H,3,8,10H2,1-2H3. The molecular formula is C12H17NO2. The molecule has 1 atom stereocenters. The Bertz CT molecular complexity index is 305. The van der Waals surface area contributed by atoms with Crippen molar-refractivity contribution < 1.29 is 9.53 Å². The number of allylic oxidation sites excluding steroid dienone is 3. The maximum atomic E-state index is 11.0. The van der Waals surface area contributed by atoms with Crippen molar-refractivity contribution in [2.24, 2.45) is 10.4 Å². The summed E-state index contributed by atoms with van der Waals surface area (Å²) < 4.78 is 4.74. The Morgan fingerprint density at radius 3 is 3.00 bits per heavy atom. The summed E-state index contributed by atoms with van der Waals surface area (Å²) in [6.07, 6.45) is 10.5. The van der Waals surface area contributed by atoms with Crippen LogP contribution in [0.4, 0.5) is 0 Å². The van der Waals surface area contributed by atoms with Crippen LogP contribution in [0, 0.1) is 5.41 Å². The van der Waals surface area contributed by atoms with E-state index in [1.807, 2.05) is 12.2 Å². The van der Waals surface area contributed by atoms with E-state index in [4.69, 9.17) is 4.74 Å². The van der Waals surface area contributed by atoms with E-state index in [0.717, 1.165) is 6.42 Å². The molecule has 0 radical (unpaired) electrons. The average molecular weight is 207 g/mol. The van der Waals surface area contributed by atoms with Gasteiger partial charge in [-0.25, -0.2) is 4.79 Å². The first kappa shape index (κ1) is 11.7. The van der Waals surface area contributed by atoms with Crippen LogP contribution in [0.5, 0.6) is 0 Å². The summed E-state index contributed by atoms with van der Waals surface area (Å²) in [7, 11) is 0. The number of rotatable bonds is 4. The molecule has 0 aliphatic heterocycles. The minimum atomic E-state index is -0.364. The minimum absolute atomic E-state index is 0.0394. The van der Waals surface area contributed by atoms with Crippen LogP contribution in [-0.2, 0) is 9.53 Å². The van der Waals surface area contributed by atoms with Crippen molar-refractivity contribution in [2.45, 2.75) is 20.3 Å². The zero-order chi connectivity index (χ0) is 11.1. The third-order valence-electron chi connectivity index (χ3n) is 2.27. The van der Waals surface area contributed by atoms with Crippen LogP contribution in [-0.4, -0.2) is 25.3 Å². The monoisotopic (exact) mass is 207 g/mol. The van der Waals surface area contributed by atoms with Crippen molar-refractivity contribution in [3.05, 3.63) is 24.3 Å². The largest absolute Gasteiger partial charge is 0.462 e. The van der Waals surface area contributed by atoms with Gasteiger partial charge in [0.05, 0.1) is 6.61 Å². The Hall–Kier alpha value is -1.38. The highest BCUT2D eigenvalue weighted by molar-refractivity contribution is 6.23. The molecule has 15 heavy (non-hydrogen) atoms. The zero-order valence-corrected chi connectivity index (χ0v) is 9.27. The SMILES string of the molecule is CCOC(=O)C=NCC1(C)C=CC=CC1. The molecule has 0 N–H and O–H groups in total. The molecule has 0 fully saturated rings. The number of hydrogen-bond acceptors (Lipinski definition) is 3. The van der Waals surface area contributed by atoms with E-state index < -0.39 is 0 Å². The Morgan fingerprint density at radius 2 is 2.40 bits per heavy atom. The van der Waals surface area contributed by atoms with Gasteiger partial charge in [-0.15, -0.1) is 0 Å². The van der Waals surface area contributed by atoms with Crippen LogP contribution in [0.2, 0.25) is 0 Å². The Balaban J connectivity index is 2.39. The number of esters is 1. The summed E-state index contributed by atoms with van der Waals surface area (Å²) >= 11 is 0. The first-order valence-corrected chi connectivity index (χ1v) is 5.17. The van der Waals surface area contributed by atoms with Crippen LogP contribution in [0.25, 0.3) is 0 Å². The van der Waals surface area contributed by atoms with Crippen molar-refractivity contribution in [2.75, 3.05) is 13.2 Å². The normalized spacial score (nSPS) is 24.7. The van der Waals surface area contributed by atoms with Crippen molar-refractivity contribution in [1.82, 2.24) is 0 Å². The second kappa shape index (κ2) is 5.49. The van der Waals surface area contributed by atoms with E-state index in [1.54, 1.807) is 6.92 Å². The number of carbonyl (C=O) groups excluding carboxylic acids is 1. The zero-order valence-electron chi connectivity index (χ0n) is 9.27. The summed E-state index contributed by atoms with van der Waals surface area (Å²) in [6.45, 7) is 4.91.